The van der Waals surface area contributed by atoms with E-state index in [1.807, 2.05) is 6.07 Å². The summed E-state index contributed by atoms with van der Waals surface area (Å²) in [5.41, 5.74) is 7.66. The van der Waals surface area contributed by atoms with Gasteiger partial charge in [0, 0.05) is 5.56 Å². The summed E-state index contributed by atoms with van der Waals surface area (Å²) < 4.78 is 28.5. The fourth-order valence-corrected chi connectivity index (χ4v) is 2.21. The quantitative estimate of drug-likeness (QED) is 0.786. The zero-order chi connectivity index (χ0) is 15.0. The number of imidazole rings is 1. The van der Waals surface area contributed by atoms with Crippen LogP contribution in [0.25, 0.3) is 11.0 Å². The molecule has 0 unspecified atom stereocenters. The summed E-state index contributed by atoms with van der Waals surface area (Å²) in [5, 5.41) is 8.94. The Kier molecular flexibility index (Phi) is 3.03. The van der Waals surface area contributed by atoms with Crippen molar-refractivity contribution >= 4 is 17.0 Å². The average Bonchev–Trinajstić information content (AvgIpc) is 2.78. The van der Waals surface area contributed by atoms with Crippen LogP contribution in [-0.2, 0) is 6.54 Å². The lowest BCUT2D eigenvalue weighted by Crippen LogP contribution is -2.06. The molecule has 1 aromatic heterocycles. The van der Waals surface area contributed by atoms with Crippen LogP contribution in [0.15, 0.2) is 36.4 Å². The van der Waals surface area contributed by atoms with E-state index < -0.39 is 11.6 Å². The van der Waals surface area contributed by atoms with E-state index in [1.54, 1.807) is 22.8 Å². The van der Waals surface area contributed by atoms with Gasteiger partial charge in [-0.2, -0.15) is 5.26 Å². The van der Waals surface area contributed by atoms with Gasteiger partial charge in [-0.05, 0) is 36.4 Å². The minimum absolute atomic E-state index is 0.0425. The fourth-order valence-electron chi connectivity index (χ4n) is 2.21. The highest BCUT2D eigenvalue weighted by atomic mass is 19.1. The van der Waals surface area contributed by atoms with Crippen LogP contribution < -0.4 is 5.73 Å². The van der Waals surface area contributed by atoms with Gasteiger partial charge >= 0.3 is 0 Å². The number of rotatable bonds is 2. The fraction of sp³-hybridized carbons (Fsp3) is 0.0667. The number of nitrogen functional groups attached to an aromatic ring is 1. The molecule has 0 aliphatic rings. The molecule has 21 heavy (non-hydrogen) atoms. The maximum atomic E-state index is 13.7. The first-order valence-corrected chi connectivity index (χ1v) is 6.18. The Labute approximate surface area is 119 Å². The first kappa shape index (κ1) is 13.1. The third-order valence-corrected chi connectivity index (χ3v) is 3.24. The summed E-state index contributed by atoms with van der Waals surface area (Å²) in [6.07, 6.45) is 0. The molecule has 0 bridgehead atoms. The van der Waals surface area contributed by atoms with Gasteiger partial charge in [-0.3, -0.25) is 0 Å². The molecular formula is C15H10F2N4. The van der Waals surface area contributed by atoms with Gasteiger partial charge in [-0.15, -0.1) is 0 Å². The van der Waals surface area contributed by atoms with Crippen molar-refractivity contribution in [2.45, 2.75) is 6.54 Å². The van der Waals surface area contributed by atoms with Crippen molar-refractivity contribution in [2.24, 2.45) is 0 Å². The standard InChI is InChI=1S/C15H10F2N4/c16-11-2-3-12(17)10(6-11)8-21-14-5-9(7-18)1-4-13(14)20-15(21)19/h1-6H,8H2,(H2,19,20). The van der Waals surface area contributed by atoms with Crippen molar-refractivity contribution in [3.05, 3.63) is 59.2 Å². The van der Waals surface area contributed by atoms with Crippen LogP contribution in [0.5, 0.6) is 0 Å². The number of nitriles is 1. The maximum absolute atomic E-state index is 13.7. The molecule has 6 heteroatoms. The van der Waals surface area contributed by atoms with Gasteiger partial charge in [0.1, 0.15) is 11.6 Å². The molecule has 1 heterocycles. The van der Waals surface area contributed by atoms with Crippen LogP contribution in [0.4, 0.5) is 14.7 Å². The lowest BCUT2D eigenvalue weighted by molar-refractivity contribution is 0.579. The van der Waals surface area contributed by atoms with Gasteiger partial charge in [0.15, 0.2) is 0 Å². The molecule has 4 nitrogen and oxygen atoms in total. The van der Waals surface area contributed by atoms with Crippen LogP contribution in [0.3, 0.4) is 0 Å². The summed E-state index contributed by atoms with van der Waals surface area (Å²) in [6.45, 7) is 0.0425. The number of benzene rings is 2. The number of aromatic nitrogens is 2. The van der Waals surface area contributed by atoms with Gasteiger partial charge in [-0.25, -0.2) is 13.8 Å². The second-order valence-electron chi connectivity index (χ2n) is 4.61. The summed E-state index contributed by atoms with van der Waals surface area (Å²) in [4.78, 5) is 4.15. The molecule has 0 radical (unpaired) electrons. The Morgan fingerprint density at radius 2 is 2.00 bits per heavy atom. The molecule has 104 valence electrons. The Balaban J connectivity index is 2.14. The minimum Gasteiger partial charge on any atom is -0.369 e. The highest BCUT2D eigenvalue weighted by molar-refractivity contribution is 5.80. The van der Waals surface area contributed by atoms with E-state index in [0.29, 0.717) is 16.6 Å². The molecule has 0 spiro atoms. The molecule has 0 atom stereocenters. The molecule has 2 aromatic carbocycles. The molecule has 3 aromatic rings. The normalized spacial score (nSPS) is 10.7. The van der Waals surface area contributed by atoms with E-state index in [0.717, 1.165) is 18.2 Å². The SMILES string of the molecule is N#Cc1ccc2nc(N)n(Cc3cc(F)ccc3F)c2c1. The highest BCUT2D eigenvalue weighted by Crippen LogP contribution is 2.22. The predicted molar refractivity (Wildman–Crippen MR) is 74.3 cm³/mol. The number of fused-ring (bicyclic) bond motifs is 1. The van der Waals surface area contributed by atoms with Crippen LogP contribution in [-0.4, -0.2) is 9.55 Å². The molecule has 3 rings (SSSR count). The maximum Gasteiger partial charge on any atom is 0.201 e. The molecular weight excluding hydrogens is 274 g/mol. The number of nitrogens with two attached hydrogens (primary N) is 1. The van der Waals surface area contributed by atoms with E-state index in [1.165, 1.54) is 0 Å². The third kappa shape index (κ3) is 2.30. The largest absolute Gasteiger partial charge is 0.369 e. The van der Waals surface area contributed by atoms with E-state index >= 15 is 0 Å². The monoisotopic (exact) mass is 284 g/mol. The van der Waals surface area contributed by atoms with Crippen molar-refractivity contribution in [3.63, 3.8) is 0 Å². The Morgan fingerprint density at radius 3 is 2.76 bits per heavy atom. The second-order valence-corrected chi connectivity index (χ2v) is 4.61. The topological polar surface area (TPSA) is 67.6 Å². The van der Waals surface area contributed by atoms with Crippen molar-refractivity contribution in [1.29, 1.82) is 5.26 Å². The van der Waals surface area contributed by atoms with E-state index in [4.69, 9.17) is 11.0 Å². The number of hydrogen-bond donors (Lipinski definition) is 1. The van der Waals surface area contributed by atoms with E-state index in [-0.39, 0.29) is 18.1 Å². The van der Waals surface area contributed by atoms with Crippen molar-refractivity contribution in [2.75, 3.05) is 5.73 Å². The molecule has 0 saturated heterocycles. The third-order valence-electron chi connectivity index (χ3n) is 3.24. The smallest absolute Gasteiger partial charge is 0.201 e. The summed E-state index contributed by atoms with van der Waals surface area (Å²) in [7, 11) is 0. The predicted octanol–water partition coefficient (Wildman–Crippen LogP) is 2.82. The molecule has 0 saturated carbocycles. The Bertz CT molecular complexity index is 877. The number of halogens is 2. The number of anilines is 1. The van der Waals surface area contributed by atoms with Gasteiger partial charge in [-0.1, -0.05) is 0 Å². The summed E-state index contributed by atoms with van der Waals surface area (Å²) >= 11 is 0. The minimum atomic E-state index is -0.521. The Hall–Kier alpha value is -2.94. The van der Waals surface area contributed by atoms with Gasteiger partial charge in [0.05, 0.1) is 29.2 Å². The Morgan fingerprint density at radius 1 is 1.19 bits per heavy atom. The van der Waals surface area contributed by atoms with Gasteiger partial charge in [0.25, 0.3) is 0 Å². The number of nitrogens with zero attached hydrogens (tertiary/aromatic N) is 3. The molecule has 0 aliphatic heterocycles. The van der Waals surface area contributed by atoms with E-state index in [2.05, 4.69) is 4.98 Å². The lowest BCUT2D eigenvalue weighted by Gasteiger charge is -2.08. The molecule has 2 N–H and O–H groups in total. The molecule has 0 aliphatic carbocycles. The average molecular weight is 284 g/mol. The summed E-state index contributed by atoms with van der Waals surface area (Å²) in [5.74, 6) is -0.857. The van der Waals surface area contributed by atoms with Gasteiger partial charge < -0.3 is 10.3 Å². The lowest BCUT2D eigenvalue weighted by atomic mass is 10.2. The highest BCUT2D eigenvalue weighted by Gasteiger charge is 2.12. The zero-order valence-electron chi connectivity index (χ0n) is 10.8. The van der Waals surface area contributed by atoms with Gasteiger partial charge in [0.2, 0.25) is 5.95 Å². The van der Waals surface area contributed by atoms with Crippen molar-refractivity contribution in [1.82, 2.24) is 9.55 Å². The zero-order valence-corrected chi connectivity index (χ0v) is 10.8. The number of hydrogen-bond acceptors (Lipinski definition) is 3. The summed E-state index contributed by atoms with van der Waals surface area (Å²) in [6, 6.07) is 10.2. The first-order chi connectivity index (χ1) is 10.1. The van der Waals surface area contributed by atoms with E-state index in [9.17, 15) is 8.78 Å². The van der Waals surface area contributed by atoms with Crippen LogP contribution in [0.1, 0.15) is 11.1 Å². The van der Waals surface area contributed by atoms with Crippen molar-refractivity contribution in [3.8, 4) is 6.07 Å². The van der Waals surface area contributed by atoms with Crippen molar-refractivity contribution < 1.29 is 8.78 Å². The second kappa shape index (κ2) is 4.87. The molecule has 0 fully saturated rings. The molecule has 0 amide bonds. The van der Waals surface area contributed by atoms with Crippen LogP contribution >= 0.6 is 0 Å². The van der Waals surface area contributed by atoms with Crippen LogP contribution in [0, 0.1) is 23.0 Å². The van der Waals surface area contributed by atoms with Crippen LogP contribution in [0.2, 0.25) is 0 Å². The first-order valence-electron chi connectivity index (χ1n) is 6.18.